The smallest absolute Gasteiger partial charge is 0.123 e. The van der Waals surface area contributed by atoms with E-state index in [0.29, 0.717) is 17.7 Å². The lowest BCUT2D eigenvalue weighted by atomic mass is 9.78. The van der Waals surface area contributed by atoms with E-state index < -0.39 is 5.41 Å². The molecule has 1 atom stereocenters. The van der Waals surface area contributed by atoms with Gasteiger partial charge >= 0.3 is 0 Å². The highest BCUT2D eigenvalue weighted by Gasteiger charge is 2.29. The maximum atomic E-state index is 13.4. The Morgan fingerprint density at radius 1 is 1.32 bits per heavy atom. The van der Waals surface area contributed by atoms with Gasteiger partial charge in [-0.25, -0.2) is 4.39 Å². The summed E-state index contributed by atoms with van der Waals surface area (Å²) in [5.74, 6) is -0.389. The van der Waals surface area contributed by atoms with Gasteiger partial charge in [0, 0.05) is 18.1 Å². The van der Waals surface area contributed by atoms with Crippen LogP contribution in [0, 0.1) is 17.1 Å². The van der Waals surface area contributed by atoms with E-state index in [1.54, 1.807) is 19.3 Å². The minimum Gasteiger partial charge on any atom is -0.398 e. The number of hydrogen-bond donors (Lipinski definition) is 1. The van der Waals surface area contributed by atoms with Crippen molar-refractivity contribution in [1.29, 1.82) is 5.26 Å². The Balaban J connectivity index is 2.43. The molecule has 4 heteroatoms. The highest BCUT2D eigenvalue weighted by Crippen LogP contribution is 2.32. The molecule has 19 heavy (non-hydrogen) atoms. The summed E-state index contributed by atoms with van der Waals surface area (Å²) in [4.78, 5) is 3.94. The minimum absolute atomic E-state index is 0.389. The molecular weight excluding hydrogens is 241 g/mol. The molecule has 1 heterocycles. The van der Waals surface area contributed by atoms with Crippen molar-refractivity contribution in [3.8, 4) is 6.07 Å². The summed E-state index contributed by atoms with van der Waals surface area (Å²) in [6.45, 7) is 1.76. The first-order chi connectivity index (χ1) is 9.05. The van der Waals surface area contributed by atoms with Gasteiger partial charge in [0.1, 0.15) is 5.82 Å². The van der Waals surface area contributed by atoms with Gasteiger partial charge in [-0.05, 0) is 54.8 Å². The maximum Gasteiger partial charge on any atom is 0.123 e. The lowest BCUT2D eigenvalue weighted by Crippen LogP contribution is -2.24. The molecule has 0 aliphatic carbocycles. The molecule has 1 unspecified atom stereocenters. The highest BCUT2D eigenvalue weighted by atomic mass is 19.1. The van der Waals surface area contributed by atoms with Gasteiger partial charge in [0.15, 0.2) is 0 Å². The van der Waals surface area contributed by atoms with Crippen LogP contribution in [0.15, 0.2) is 42.7 Å². The number of halogens is 1. The van der Waals surface area contributed by atoms with Crippen molar-refractivity contribution in [2.24, 2.45) is 0 Å². The van der Waals surface area contributed by atoms with Gasteiger partial charge < -0.3 is 5.73 Å². The molecule has 3 nitrogen and oxygen atoms in total. The zero-order valence-electron chi connectivity index (χ0n) is 10.6. The summed E-state index contributed by atoms with van der Waals surface area (Å²) < 4.78 is 13.4. The maximum absolute atomic E-state index is 13.4. The van der Waals surface area contributed by atoms with Crippen LogP contribution >= 0.6 is 0 Å². The Labute approximate surface area is 111 Å². The predicted octanol–water partition coefficient (Wildman–Crippen LogP) is 2.83. The molecule has 1 aromatic carbocycles. The zero-order valence-corrected chi connectivity index (χ0v) is 10.6. The van der Waals surface area contributed by atoms with Crippen LogP contribution in [0.1, 0.15) is 18.1 Å². The second kappa shape index (κ2) is 5.07. The first-order valence-corrected chi connectivity index (χ1v) is 5.91. The monoisotopic (exact) mass is 255 g/mol. The fourth-order valence-corrected chi connectivity index (χ4v) is 2.11. The number of benzene rings is 1. The normalized spacial score (nSPS) is 13.5. The molecule has 1 aromatic heterocycles. The van der Waals surface area contributed by atoms with Crippen LogP contribution in [0.25, 0.3) is 0 Å². The van der Waals surface area contributed by atoms with Crippen LogP contribution in [-0.2, 0) is 11.8 Å². The summed E-state index contributed by atoms with van der Waals surface area (Å²) >= 11 is 0. The fraction of sp³-hybridized carbons (Fsp3) is 0.200. The Kier molecular flexibility index (Phi) is 3.48. The molecule has 0 spiro atoms. The van der Waals surface area contributed by atoms with E-state index in [-0.39, 0.29) is 5.82 Å². The molecule has 0 radical (unpaired) electrons. The predicted molar refractivity (Wildman–Crippen MR) is 71.7 cm³/mol. The summed E-state index contributed by atoms with van der Waals surface area (Å²) in [6, 6.07) is 10.0. The van der Waals surface area contributed by atoms with Crippen molar-refractivity contribution >= 4 is 5.69 Å². The largest absolute Gasteiger partial charge is 0.398 e. The van der Waals surface area contributed by atoms with Crippen LogP contribution in [0.2, 0.25) is 0 Å². The van der Waals surface area contributed by atoms with Crippen molar-refractivity contribution in [3.63, 3.8) is 0 Å². The molecule has 2 rings (SSSR count). The quantitative estimate of drug-likeness (QED) is 0.858. The second-order valence-corrected chi connectivity index (χ2v) is 4.71. The molecule has 2 aromatic rings. The summed E-state index contributed by atoms with van der Waals surface area (Å²) in [5, 5.41) is 9.47. The molecule has 0 aliphatic rings. The van der Waals surface area contributed by atoms with E-state index in [1.165, 1.54) is 18.2 Å². The molecule has 0 saturated carbocycles. The first-order valence-electron chi connectivity index (χ1n) is 5.91. The van der Waals surface area contributed by atoms with E-state index in [2.05, 4.69) is 11.1 Å². The zero-order chi connectivity index (χ0) is 13.9. The SMILES string of the molecule is CC(C#N)(Cc1ccncc1)c1cc(F)ccc1N. The number of hydrogen-bond acceptors (Lipinski definition) is 3. The van der Waals surface area contributed by atoms with Gasteiger partial charge in [0.25, 0.3) is 0 Å². The number of nitrogen functional groups attached to an aromatic ring is 1. The Morgan fingerprint density at radius 2 is 2.00 bits per heavy atom. The van der Waals surface area contributed by atoms with Crippen LogP contribution in [0.4, 0.5) is 10.1 Å². The molecule has 0 aliphatic heterocycles. The van der Waals surface area contributed by atoms with Gasteiger partial charge in [-0.15, -0.1) is 0 Å². The van der Waals surface area contributed by atoms with Crippen LogP contribution in [0.3, 0.4) is 0 Å². The van der Waals surface area contributed by atoms with Crippen molar-refractivity contribution in [2.45, 2.75) is 18.8 Å². The minimum atomic E-state index is -0.868. The van der Waals surface area contributed by atoms with Crippen molar-refractivity contribution in [1.82, 2.24) is 4.98 Å². The van der Waals surface area contributed by atoms with Gasteiger partial charge in [-0.3, -0.25) is 4.98 Å². The highest BCUT2D eigenvalue weighted by molar-refractivity contribution is 5.53. The summed E-state index contributed by atoms with van der Waals surface area (Å²) in [6.07, 6.45) is 3.80. The van der Waals surface area contributed by atoms with Gasteiger partial charge in [0.05, 0.1) is 11.5 Å². The Morgan fingerprint density at radius 3 is 2.63 bits per heavy atom. The standard InChI is InChI=1S/C15H14FN3/c1-15(10-17,9-11-4-6-19-7-5-11)13-8-12(16)2-3-14(13)18/h2-8H,9,18H2,1H3. The average Bonchev–Trinajstić information content (AvgIpc) is 2.42. The third kappa shape index (κ3) is 2.71. The topological polar surface area (TPSA) is 62.7 Å². The van der Waals surface area contributed by atoms with E-state index in [1.807, 2.05) is 12.1 Å². The lowest BCUT2D eigenvalue weighted by molar-refractivity contribution is 0.586. The third-order valence-corrected chi connectivity index (χ3v) is 3.16. The Hall–Kier alpha value is -2.41. The average molecular weight is 255 g/mol. The number of rotatable bonds is 3. The molecular formula is C15H14FN3. The number of nitrogens with two attached hydrogens (primary N) is 1. The number of nitrogens with zero attached hydrogens (tertiary/aromatic N) is 2. The number of aromatic nitrogens is 1. The van der Waals surface area contributed by atoms with Crippen molar-refractivity contribution in [3.05, 3.63) is 59.7 Å². The van der Waals surface area contributed by atoms with Crippen molar-refractivity contribution in [2.75, 3.05) is 5.73 Å². The molecule has 0 amide bonds. The first kappa shape index (κ1) is 13.0. The van der Waals surface area contributed by atoms with E-state index in [4.69, 9.17) is 5.73 Å². The van der Waals surface area contributed by atoms with Crippen LogP contribution in [0.5, 0.6) is 0 Å². The summed E-state index contributed by atoms with van der Waals surface area (Å²) in [7, 11) is 0. The van der Waals surface area contributed by atoms with E-state index in [0.717, 1.165) is 5.56 Å². The van der Waals surface area contributed by atoms with Crippen LogP contribution < -0.4 is 5.73 Å². The molecule has 2 N–H and O–H groups in total. The number of nitriles is 1. The molecule has 0 saturated heterocycles. The van der Waals surface area contributed by atoms with Gasteiger partial charge in [-0.2, -0.15) is 5.26 Å². The van der Waals surface area contributed by atoms with Crippen molar-refractivity contribution < 1.29 is 4.39 Å². The molecule has 0 fully saturated rings. The molecule has 96 valence electrons. The van der Waals surface area contributed by atoms with Crippen LogP contribution in [-0.4, -0.2) is 4.98 Å². The van der Waals surface area contributed by atoms with E-state index in [9.17, 15) is 9.65 Å². The second-order valence-electron chi connectivity index (χ2n) is 4.71. The number of pyridine rings is 1. The van der Waals surface area contributed by atoms with E-state index >= 15 is 0 Å². The van der Waals surface area contributed by atoms with Gasteiger partial charge in [-0.1, -0.05) is 0 Å². The molecule has 0 bridgehead atoms. The fourth-order valence-electron chi connectivity index (χ4n) is 2.11. The van der Waals surface area contributed by atoms with Gasteiger partial charge in [0.2, 0.25) is 0 Å². The third-order valence-electron chi connectivity index (χ3n) is 3.16. The lowest BCUT2D eigenvalue weighted by Gasteiger charge is -2.24. The Bertz CT molecular complexity index is 619. The summed E-state index contributed by atoms with van der Waals surface area (Å²) in [5.41, 5.74) is 6.92. The number of anilines is 1.